The second-order valence-electron chi connectivity index (χ2n) is 4.18. The zero-order chi connectivity index (χ0) is 15.9. The number of thiocarbonyl (C=S) groups is 1. The van der Waals surface area contributed by atoms with Crippen molar-refractivity contribution in [3.05, 3.63) is 63.6 Å². The zero-order valence-corrected chi connectivity index (χ0v) is 13.5. The molecule has 110 valence electrons. The van der Waals surface area contributed by atoms with Crippen molar-refractivity contribution in [1.29, 1.82) is 5.26 Å². The Hall–Kier alpha value is -2.13. The van der Waals surface area contributed by atoms with Crippen LogP contribution in [0.3, 0.4) is 0 Å². The van der Waals surface area contributed by atoms with Gasteiger partial charge in [0.05, 0.1) is 28.6 Å². The highest BCUT2D eigenvalue weighted by Crippen LogP contribution is 2.25. The third-order valence-electron chi connectivity index (χ3n) is 2.60. The molecule has 0 fully saturated rings. The van der Waals surface area contributed by atoms with Gasteiger partial charge in [-0.3, -0.25) is 5.43 Å². The van der Waals surface area contributed by atoms with Gasteiger partial charge in [-0.25, -0.2) is 0 Å². The third kappa shape index (κ3) is 4.71. The average molecular weight is 349 g/mol. The number of nitriles is 1. The fourth-order valence-corrected chi connectivity index (χ4v) is 2.17. The fraction of sp³-hybridized carbons (Fsp3) is 0. The molecular formula is C15H10Cl2N4S. The van der Waals surface area contributed by atoms with E-state index in [0.29, 0.717) is 26.4 Å². The van der Waals surface area contributed by atoms with E-state index in [1.807, 2.05) is 0 Å². The average Bonchev–Trinajstić information content (AvgIpc) is 2.51. The summed E-state index contributed by atoms with van der Waals surface area (Å²) in [7, 11) is 0. The van der Waals surface area contributed by atoms with Crippen molar-refractivity contribution >= 4 is 52.4 Å². The first-order valence-electron chi connectivity index (χ1n) is 6.14. The van der Waals surface area contributed by atoms with E-state index in [4.69, 9.17) is 40.7 Å². The van der Waals surface area contributed by atoms with Crippen LogP contribution in [0.15, 0.2) is 47.6 Å². The van der Waals surface area contributed by atoms with Gasteiger partial charge in [0.1, 0.15) is 0 Å². The van der Waals surface area contributed by atoms with Crippen LogP contribution in [0.1, 0.15) is 11.1 Å². The van der Waals surface area contributed by atoms with E-state index in [-0.39, 0.29) is 0 Å². The molecule has 0 aliphatic carbocycles. The lowest BCUT2D eigenvalue weighted by Crippen LogP contribution is -2.24. The van der Waals surface area contributed by atoms with Gasteiger partial charge in [-0.1, -0.05) is 35.3 Å². The molecule has 2 N–H and O–H groups in total. The van der Waals surface area contributed by atoms with Crippen molar-refractivity contribution in [3.8, 4) is 6.07 Å². The van der Waals surface area contributed by atoms with Crippen LogP contribution in [-0.2, 0) is 0 Å². The molecule has 7 heteroatoms. The summed E-state index contributed by atoms with van der Waals surface area (Å²) < 4.78 is 0. The highest BCUT2D eigenvalue weighted by atomic mass is 35.5. The second-order valence-corrected chi connectivity index (χ2v) is 5.43. The largest absolute Gasteiger partial charge is 0.330 e. The summed E-state index contributed by atoms with van der Waals surface area (Å²) in [6.07, 6.45) is 1.60. The van der Waals surface area contributed by atoms with Crippen molar-refractivity contribution in [3.63, 3.8) is 0 Å². The Morgan fingerprint density at radius 2 is 1.91 bits per heavy atom. The molecule has 0 saturated carbocycles. The van der Waals surface area contributed by atoms with E-state index < -0.39 is 0 Å². The quantitative estimate of drug-likeness (QED) is 0.496. The fourth-order valence-electron chi connectivity index (χ4n) is 1.55. The number of nitrogens with one attached hydrogen (secondary N) is 2. The molecule has 0 atom stereocenters. The second kappa shape index (κ2) is 7.76. The first-order chi connectivity index (χ1) is 10.6. The summed E-state index contributed by atoms with van der Waals surface area (Å²) in [5, 5.41) is 17.0. The molecule has 0 saturated heterocycles. The number of halogens is 2. The van der Waals surface area contributed by atoms with Crippen molar-refractivity contribution in [2.45, 2.75) is 0 Å². The molecule has 0 aliphatic rings. The van der Waals surface area contributed by atoms with Gasteiger partial charge in [0.25, 0.3) is 0 Å². The van der Waals surface area contributed by atoms with Gasteiger partial charge in [0.2, 0.25) is 0 Å². The monoisotopic (exact) mass is 348 g/mol. The smallest absolute Gasteiger partial charge is 0.191 e. The molecule has 2 aromatic carbocycles. The molecule has 4 nitrogen and oxygen atoms in total. The molecule has 22 heavy (non-hydrogen) atoms. The maximum absolute atomic E-state index is 8.72. The molecule has 0 unspecified atom stereocenters. The molecule has 0 heterocycles. The maximum atomic E-state index is 8.72. The lowest BCUT2D eigenvalue weighted by atomic mass is 10.2. The van der Waals surface area contributed by atoms with Crippen LogP contribution in [0.25, 0.3) is 0 Å². The third-order valence-corrected chi connectivity index (χ3v) is 3.34. The van der Waals surface area contributed by atoms with E-state index in [9.17, 15) is 0 Å². The highest BCUT2D eigenvalue weighted by Gasteiger charge is 2.02. The number of hydrazone groups is 1. The number of hydrogen-bond donors (Lipinski definition) is 2. The Labute approximate surface area is 143 Å². The molecule has 0 spiro atoms. The van der Waals surface area contributed by atoms with Crippen molar-refractivity contribution in [2.75, 3.05) is 5.32 Å². The normalized spacial score (nSPS) is 10.2. The summed E-state index contributed by atoms with van der Waals surface area (Å²) in [5.41, 5.74) is 4.76. The van der Waals surface area contributed by atoms with E-state index in [2.05, 4.69) is 21.9 Å². The summed E-state index contributed by atoms with van der Waals surface area (Å²) in [4.78, 5) is 0. The lowest BCUT2D eigenvalue weighted by Gasteiger charge is -2.08. The molecule has 2 aromatic rings. The molecule has 0 bridgehead atoms. The minimum Gasteiger partial charge on any atom is -0.330 e. The number of nitrogens with zero attached hydrogens (tertiary/aromatic N) is 2. The number of benzene rings is 2. The summed E-state index contributed by atoms with van der Waals surface area (Å²) in [5.74, 6) is 0. The number of anilines is 1. The Bertz CT molecular complexity index is 751. The van der Waals surface area contributed by atoms with Crippen LogP contribution in [-0.4, -0.2) is 11.3 Å². The summed E-state index contributed by atoms with van der Waals surface area (Å²) >= 11 is 17.0. The summed E-state index contributed by atoms with van der Waals surface area (Å²) in [6.45, 7) is 0. The number of hydrogen-bond acceptors (Lipinski definition) is 3. The SMILES string of the molecule is N#Cc1ccc(/C=N\NC(=S)Nc2ccc(Cl)cc2Cl)cc1. The van der Waals surface area contributed by atoms with E-state index in [0.717, 1.165) is 5.56 Å². The van der Waals surface area contributed by atoms with Gasteiger partial charge in [-0.2, -0.15) is 10.4 Å². The molecule has 0 aromatic heterocycles. The standard InChI is InChI=1S/C15H10Cl2N4S/c16-12-5-6-14(13(17)7-12)20-15(22)21-19-9-11-3-1-10(8-18)2-4-11/h1-7,9H,(H2,20,21,22)/b19-9-. The Kier molecular flexibility index (Phi) is 5.73. The van der Waals surface area contributed by atoms with Crippen LogP contribution in [0.4, 0.5) is 5.69 Å². The molecule has 0 amide bonds. The van der Waals surface area contributed by atoms with Gasteiger partial charge in [0, 0.05) is 5.02 Å². The first kappa shape index (κ1) is 16.2. The minimum atomic E-state index is 0.300. The van der Waals surface area contributed by atoms with Crippen LogP contribution in [0.5, 0.6) is 0 Å². The van der Waals surface area contributed by atoms with Gasteiger partial charge < -0.3 is 5.32 Å². The predicted octanol–water partition coefficient (Wildman–Crippen LogP) is 4.19. The van der Waals surface area contributed by atoms with Crippen molar-refractivity contribution in [2.24, 2.45) is 5.10 Å². The first-order valence-corrected chi connectivity index (χ1v) is 7.30. The topological polar surface area (TPSA) is 60.2 Å². The zero-order valence-electron chi connectivity index (χ0n) is 11.2. The van der Waals surface area contributed by atoms with Crippen LogP contribution in [0.2, 0.25) is 10.0 Å². The highest BCUT2D eigenvalue weighted by molar-refractivity contribution is 7.80. The van der Waals surface area contributed by atoms with Gasteiger partial charge >= 0.3 is 0 Å². The van der Waals surface area contributed by atoms with Gasteiger partial charge in [0.15, 0.2) is 5.11 Å². The molecule has 0 aliphatic heterocycles. The summed E-state index contributed by atoms with van der Waals surface area (Å²) in [6, 6.07) is 14.1. The van der Waals surface area contributed by atoms with Crippen LogP contribution in [0, 0.1) is 11.3 Å². The molecule has 2 rings (SSSR count). The van der Waals surface area contributed by atoms with Gasteiger partial charge in [-0.15, -0.1) is 0 Å². The lowest BCUT2D eigenvalue weighted by molar-refractivity contribution is 1.05. The maximum Gasteiger partial charge on any atom is 0.191 e. The Morgan fingerprint density at radius 1 is 1.18 bits per heavy atom. The minimum absolute atomic E-state index is 0.300. The predicted molar refractivity (Wildman–Crippen MR) is 94.6 cm³/mol. The van der Waals surface area contributed by atoms with Crippen LogP contribution >= 0.6 is 35.4 Å². The van der Waals surface area contributed by atoms with Crippen LogP contribution < -0.4 is 10.7 Å². The Morgan fingerprint density at radius 3 is 2.55 bits per heavy atom. The number of rotatable bonds is 3. The van der Waals surface area contributed by atoms with Crippen molar-refractivity contribution in [1.82, 2.24) is 5.43 Å². The van der Waals surface area contributed by atoms with E-state index in [1.165, 1.54) is 0 Å². The molecule has 0 radical (unpaired) electrons. The van der Waals surface area contributed by atoms with Crippen molar-refractivity contribution < 1.29 is 0 Å². The molecular weight excluding hydrogens is 339 g/mol. The van der Waals surface area contributed by atoms with Gasteiger partial charge in [-0.05, 0) is 48.1 Å². The van der Waals surface area contributed by atoms with E-state index in [1.54, 1.807) is 48.7 Å². The Balaban J connectivity index is 1.91. The van der Waals surface area contributed by atoms with E-state index >= 15 is 0 Å².